The number of hydrogen-bond acceptors (Lipinski definition) is 2. The van der Waals surface area contributed by atoms with Gasteiger partial charge in [-0.15, -0.1) is 0 Å². The maximum atomic E-state index is 13.8. The van der Waals surface area contributed by atoms with Crippen molar-refractivity contribution in [2.24, 2.45) is 11.3 Å². The summed E-state index contributed by atoms with van der Waals surface area (Å²) in [5.41, 5.74) is -1.50. The number of nitrogens with zero attached hydrogens (tertiary/aromatic N) is 1. The van der Waals surface area contributed by atoms with Crippen LogP contribution < -0.4 is 0 Å². The molecule has 0 bridgehead atoms. The Labute approximate surface area is 120 Å². The van der Waals surface area contributed by atoms with Crippen LogP contribution in [0, 0.1) is 28.5 Å². The lowest BCUT2D eigenvalue weighted by molar-refractivity contribution is -0.0659. The van der Waals surface area contributed by atoms with Crippen LogP contribution in [-0.2, 0) is 6.42 Å². The molecule has 3 heteroatoms. The van der Waals surface area contributed by atoms with Gasteiger partial charge in [0.1, 0.15) is 5.82 Å². The average Bonchev–Trinajstić information content (AvgIpc) is 2.41. The lowest BCUT2D eigenvalue weighted by atomic mass is 9.61. The van der Waals surface area contributed by atoms with E-state index in [9.17, 15) is 14.8 Å². The van der Waals surface area contributed by atoms with Crippen molar-refractivity contribution in [3.8, 4) is 6.07 Å². The highest BCUT2D eigenvalue weighted by atomic mass is 19.1. The SMILES string of the molecule is CC1CCCC(C#N)(C(C)(O)Cc2ccccc2F)C1. The molecule has 1 saturated carbocycles. The first-order chi connectivity index (χ1) is 9.40. The Hall–Kier alpha value is -1.40. The van der Waals surface area contributed by atoms with Crippen LogP contribution in [0.2, 0.25) is 0 Å². The van der Waals surface area contributed by atoms with Crippen LogP contribution in [0.15, 0.2) is 24.3 Å². The summed E-state index contributed by atoms with van der Waals surface area (Å²) in [6.45, 7) is 3.80. The summed E-state index contributed by atoms with van der Waals surface area (Å²) in [4.78, 5) is 0. The second-order valence-electron chi connectivity index (χ2n) is 6.44. The summed E-state index contributed by atoms with van der Waals surface area (Å²) in [6, 6.07) is 8.83. The molecule has 1 aliphatic rings. The Bertz CT molecular complexity index is 520. The molecule has 2 rings (SSSR count). The third-order valence-electron chi connectivity index (χ3n) is 4.73. The summed E-state index contributed by atoms with van der Waals surface area (Å²) in [6.07, 6.45) is 3.60. The smallest absolute Gasteiger partial charge is 0.126 e. The van der Waals surface area contributed by atoms with Crippen LogP contribution in [0.3, 0.4) is 0 Å². The Morgan fingerprint density at radius 3 is 2.80 bits per heavy atom. The number of rotatable bonds is 3. The largest absolute Gasteiger partial charge is 0.388 e. The molecule has 0 aromatic heterocycles. The van der Waals surface area contributed by atoms with Gasteiger partial charge in [-0.3, -0.25) is 0 Å². The molecule has 20 heavy (non-hydrogen) atoms. The molecule has 1 aromatic rings. The first-order valence-corrected chi connectivity index (χ1v) is 7.27. The van der Waals surface area contributed by atoms with E-state index < -0.39 is 11.0 Å². The highest BCUT2D eigenvalue weighted by Crippen LogP contribution is 2.47. The van der Waals surface area contributed by atoms with Crippen molar-refractivity contribution >= 4 is 0 Å². The molecule has 0 radical (unpaired) electrons. The monoisotopic (exact) mass is 275 g/mol. The van der Waals surface area contributed by atoms with E-state index in [1.54, 1.807) is 25.1 Å². The fourth-order valence-electron chi connectivity index (χ4n) is 3.44. The van der Waals surface area contributed by atoms with Gasteiger partial charge >= 0.3 is 0 Å². The maximum absolute atomic E-state index is 13.8. The summed E-state index contributed by atoms with van der Waals surface area (Å²) in [5.74, 6) is 0.111. The zero-order chi connectivity index (χ0) is 14.8. The van der Waals surface area contributed by atoms with Gasteiger partial charge in [-0.1, -0.05) is 38.0 Å². The van der Waals surface area contributed by atoms with Crippen molar-refractivity contribution in [2.45, 2.75) is 51.6 Å². The fourth-order valence-corrected chi connectivity index (χ4v) is 3.44. The van der Waals surface area contributed by atoms with Gasteiger partial charge in [0.05, 0.1) is 17.1 Å². The van der Waals surface area contributed by atoms with Crippen LogP contribution in [-0.4, -0.2) is 10.7 Å². The van der Waals surface area contributed by atoms with E-state index >= 15 is 0 Å². The summed E-state index contributed by atoms with van der Waals surface area (Å²) in [5, 5.41) is 20.5. The van der Waals surface area contributed by atoms with E-state index in [0.717, 1.165) is 12.8 Å². The second kappa shape index (κ2) is 5.54. The van der Waals surface area contributed by atoms with Gasteiger partial charge in [0.25, 0.3) is 0 Å². The van der Waals surface area contributed by atoms with Crippen LogP contribution in [0.5, 0.6) is 0 Å². The van der Waals surface area contributed by atoms with Crippen molar-refractivity contribution in [3.63, 3.8) is 0 Å². The number of hydrogen-bond donors (Lipinski definition) is 1. The maximum Gasteiger partial charge on any atom is 0.126 e. The molecule has 3 unspecified atom stereocenters. The molecule has 2 nitrogen and oxygen atoms in total. The van der Waals surface area contributed by atoms with Gasteiger partial charge in [-0.25, -0.2) is 4.39 Å². The number of aliphatic hydroxyl groups is 1. The Balaban J connectivity index is 2.28. The minimum Gasteiger partial charge on any atom is -0.388 e. The van der Waals surface area contributed by atoms with Crippen molar-refractivity contribution in [3.05, 3.63) is 35.6 Å². The highest BCUT2D eigenvalue weighted by molar-refractivity contribution is 5.23. The molecule has 0 spiro atoms. The Kier molecular flexibility index (Phi) is 4.15. The normalized spacial score (nSPS) is 29.4. The van der Waals surface area contributed by atoms with Gasteiger partial charge in [-0.2, -0.15) is 5.26 Å². The van der Waals surface area contributed by atoms with Gasteiger partial charge in [0.2, 0.25) is 0 Å². The van der Waals surface area contributed by atoms with Crippen LogP contribution >= 0.6 is 0 Å². The van der Waals surface area contributed by atoms with Crippen molar-refractivity contribution in [1.82, 2.24) is 0 Å². The van der Waals surface area contributed by atoms with Gasteiger partial charge in [0, 0.05) is 6.42 Å². The first-order valence-electron chi connectivity index (χ1n) is 7.27. The molecule has 3 atom stereocenters. The molecular weight excluding hydrogens is 253 g/mol. The van der Waals surface area contributed by atoms with Crippen LogP contribution in [0.4, 0.5) is 4.39 Å². The summed E-state index contributed by atoms with van der Waals surface area (Å²) in [7, 11) is 0. The standard InChI is InChI=1S/C17H22FNO/c1-13-6-5-9-17(10-13,12-19)16(2,20)11-14-7-3-4-8-15(14)18/h3-4,7-8,13,20H,5-6,9-11H2,1-2H3. The fraction of sp³-hybridized carbons (Fsp3) is 0.588. The molecule has 1 fully saturated rings. The Morgan fingerprint density at radius 2 is 2.20 bits per heavy atom. The van der Waals surface area contributed by atoms with Gasteiger partial charge in [-0.05, 0) is 37.3 Å². The van der Waals surface area contributed by atoms with Crippen LogP contribution in [0.1, 0.15) is 45.1 Å². The van der Waals surface area contributed by atoms with Gasteiger partial charge in [0.15, 0.2) is 0 Å². The molecule has 0 heterocycles. The lowest BCUT2D eigenvalue weighted by Gasteiger charge is -2.45. The van der Waals surface area contributed by atoms with Crippen molar-refractivity contribution < 1.29 is 9.50 Å². The molecule has 1 aliphatic carbocycles. The van der Waals surface area contributed by atoms with E-state index in [2.05, 4.69) is 13.0 Å². The molecule has 0 aliphatic heterocycles. The van der Waals surface area contributed by atoms with Crippen molar-refractivity contribution in [2.75, 3.05) is 0 Å². The minimum atomic E-state index is -1.21. The zero-order valence-corrected chi connectivity index (χ0v) is 12.2. The minimum absolute atomic E-state index is 0.181. The molecule has 0 saturated heterocycles. The zero-order valence-electron chi connectivity index (χ0n) is 12.2. The Morgan fingerprint density at radius 1 is 1.50 bits per heavy atom. The average molecular weight is 275 g/mol. The quantitative estimate of drug-likeness (QED) is 0.910. The summed E-state index contributed by atoms with van der Waals surface area (Å²) < 4.78 is 13.8. The number of nitriles is 1. The lowest BCUT2D eigenvalue weighted by Crippen LogP contribution is -2.49. The topological polar surface area (TPSA) is 44.0 Å². The third kappa shape index (κ3) is 2.71. The predicted octanol–water partition coefficient (Wildman–Crippen LogP) is 3.84. The highest BCUT2D eigenvalue weighted by Gasteiger charge is 2.49. The van der Waals surface area contributed by atoms with Crippen molar-refractivity contribution in [1.29, 1.82) is 5.26 Å². The number of benzene rings is 1. The van der Waals surface area contributed by atoms with E-state index in [0.29, 0.717) is 24.3 Å². The van der Waals surface area contributed by atoms with E-state index in [-0.39, 0.29) is 12.2 Å². The molecule has 0 amide bonds. The van der Waals surface area contributed by atoms with Gasteiger partial charge < -0.3 is 5.11 Å². The number of halogens is 1. The summed E-state index contributed by atoms with van der Waals surface area (Å²) >= 11 is 0. The van der Waals surface area contributed by atoms with E-state index in [1.807, 2.05) is 0 Å². The molecular formula is C17H22FNO. The molecule has 1 N–H and O–H groups in total. The van der Waals surface area contributed by atoms with E-state index in [4.69, 9.17) is 0 Å². The molecule has 1 aromatic carbocycles. The molecule has 108 valence electrons. The van der Waals surface area contributed by atoms with E-state index in [1.165, 1.54) is 6.07 Å². The third-order valence-corrected chi connectivity index (χ3v) is 4.73. The second-order valence-corrected chi connectivity index (χ2v) is 6.44. The first kappa shape index (κ1) is 15.0. The predicted molar refractivity (Wildman–Crippen MR) is 76.4 cm³/mol. The van der Waals surface area contributed by atoms with Crippen LogP contribution in [0.25, 0.3) is 0 Å².